The van der Waals surface area contributed by atoms with Gasteiger partial charge in [-0.1, -0.05) is 0 Å². The lowest BCUT2D eigenvalue weighted by atomic mass is 9.84. The van der Waals surface area contributed by atoms with Crippen LogP contribution in [0.3, 0.4) is 0 Å². The SMILES string of the molecule is NC[C@H]1CC[C@H](N2CC(NC(=O)CNc3ncnc4ccc(C(F)(F)F)cc34)C2)CC1. The lowest BCUT2D eigenvalue weighted by molar-refractivity contribution is -0.137. The number of carbonyl (C=O) groups excluding carboxylic acids is 1. The summed E-state index contributed by atoms with van der Waals surface area (Å²) < 4.78 is 39.1. The highest BCUT2D eigenvalue weighted by molar-refractivity contribution is 5.91. The first-order valence-electron chi connectivity index (χ1n) is 10.6. The molecule has 1 amide bonds. The Morgan fingerprint density at radius 2 is 1.90 bits per heavy atom. The Morgan fingerprint density at radius 1 is 1.16 bits per heavy atom. The van der Waals surface area contributed by atoms with Gasteiger partial charge in [-0.2, -0.15) is 13.2 Å². The van der Waals surface area contributed by atoms with Crippen LogP contribution in [-0.4, -0.2) is 59.0 Å². The standard InChI is InChI=1S/C21H27F3N6O/c22-21(23,24)14-3-6-18-17(7-14)20(28-12-27-18)26-9-19(31)29-15-10-30(11-15)16-4-1-13(8-25)2-5-16/h3,6-7,12-13,15-16H,1-2,4-5,8-11,25H2,(H,29,31)(H,26,27,28)/t13-,16-. The van der Waals surface area contributed by atoms with E-state index in [0.717, 1.165) is 44.6 Å². The third kappa shape index (κ3) is 5.07. The molecule has 2 aromatic rings. The molecule has 1 aliphatic heterocycles. The predicted octanol–water partition coefficient (Wildman–Crippen LogP) is 2.38. The fourth-order valence-electron chi connectivity index (χ4n) is 4.46. The average molecular weight is 436 g/mol. The topological polar surface area (TPSA) is 96.2 Å². The van der Waals surface area contributed by atoms with Crippen molar-refractivity contribution in [3.63, 3.8) is 0 Å². The summed E-state index contributed by atoms with van der Waals surface area (Å²) in [5.41, 5.74) is 5.35. The van der Waals surface area contributed by atoms with Crippen molar-refractivity contribution in [3.05, 3.63) is 30.1 Å². The van der Waals surface area contributed by atoms with Gasteiger partial charge in [0.15, 0.2) is 0 Å². The molecule has 4 rings (SSSR count). The molecule has 10 heteroatoms. The number of rotatable bonds is 6. The number of carbonyl (C=O) groups is 1. The number of nitrogens with two attached hydrogens (primary N) is 1. The number of nitrogens with zero attached hydrogens (tertiary/aromatic N) is 3. The Balaban J connectivity index is 1.27. The van der Waals surface area contributed by atoms with Crippen molar-refractivity contribution >= 4 is 22.6 Å². The zero-order valence-corrected chi connectivity index (χ0v) is 17.2. The number of halogens is 3. The van der Waals surface area contributed by atoms with E-state index in [-0.39, 0.29) is 29.7 Å². The molecule has 1 aromatic heterocycles. The maximum Gasteiger partial charge on any atom is 0.416 e. The predicted molar refractivity (Wildman–Crippen MR) is 111 cm³/mol. The summed E-state index contributed by atoms with van der Waals surface area (Å²) in [7, 11) is 0. The number of fused-ring (bicyclic) bond motifs is 1. The van der Waals surface area contributed by atoms with Gasteiger partial charge in [0, 0.05) is 24.5 Å². The second-order valence-corrected chi connectivity index (χ2v) is 8.43. The van der Waals surface area contributed by atoms with Crippen LogP contribution in [0.5, 0.6) is 0 Å². The lowest BCUT2D eigenvalue weighted by Gasteiger charge is -2.46. The number of anilines is 1. The highest BCUT2D eigenvalue weighted by Crippen LogP contribution is 2.32. The summed E-state index contributed by atoms with van der Waals surface area (Å²) in [4.78, 5) is 22.7. The molecule has 1 saturated carbocycles. The largest absolute Gasteiger partial charge is 0.416 e. The van der Waals surface area contributed by atoms with E-state index in [0.29, 0.717) is 17.5 Å². The van der Waals surface area contributed by atoms with Gasteiger partial charge in [0.25, 0.3) is 0 Å². The number of aromatic nitrogens is 2. The number of hydrogen-bond donors (Lipinski definition) is 3. The molecule has 0 bridgehead atoms. The van der Waals surface area contributed by atoms with Crippen molar-refractivity contribution in [2.75, 3.05) is 31.5 Å². The maximum absolute atomic E-state index is 13.0. The van der Waals surface area contributed by atoms with Gasteiger partial charge in [-0.15, -0.1) is 0 Å². The van der Waals surface area contributed by atoms with Gasteiger partial charge in [-0.05, 0) is 56.3 Å². The molecule has 0 radical (unpaired) electrons. The number of amides is 1. The van der Waals surface area contributed by atoms with E-state index in [2.05, 4.69) is 25.5 Å². The van der Waals surface area contributed by atoms with Crippen LogP contribution < -0.4 is 16.4 Å². The van der Waals surface area contributed by atoms with Crippen LogP contribution >= 0.6 is 0 Å². The van der Waals surface area contributed by atoms with Gasteiger partial charge in [-0.3, -0.25) is 9.69 Å². The number of nitrogens with one attached hydrogen (secondary N) is 2. The van der Waals surface area contributed by atoms with E-state index in [9.17, 15) is 18.0 Å². The first kappa shape index (κ1) is 21.8. The van der Waals surface area contributed by atoms with E-state index >= 15 is 0 Å². The first-order chi connectivity index (χ1) is 14.8. The molecule has 2 aliphatic rings. The van der Waals surface area contributed by atoms with Gasteiger partial charge < -0.3 is 16.4 Å². The normalized spacial score (nSPS) is 22.8. The highest BCUT2D eigenvalue weighted by Gasteiger charge is 2.35. The fraction of sp³-hybridized carbons (Fsp3) is 0.571. The summed E-state index contributed by atoms with van der Waals surface area (Å²) in [5.74, 6) is 0.637. The number of hydrogen-bond acceptors (Lipinski definition) is 6. The van der Waals surface area contributed by atoms with Gasteiger partial charge in [0.2, 0.25) is 5.91 Å². The molecule has 1 saturated heterocycles. The molecule has 0 unspecified atom stereocenters. The molecular weight excluding hydrogens is 409 g/mol. The summed E-state index contributed by atoms with van der Waals surface area (Å²) in [6, 6.07) is 3.95. The van der Waals surface area contributed by atoms with Gasteiger partial charge in [-0.25, -0.2) is 9.97 Å². The molecule has 0 atom stereocenters. The van der Waals surface area contributed by atoms with E-state index in [1.807, 2.05) is 0 Å². The van der Waals surface area contributed by atoms with Crippen LogP contribution in [0.4, 0.5) is 19.0 Å². The Morgan fingerprint density at radius 3 is 2.58 bits per heavy atom. The summed E-state index contributed by atoms with van der Waals surface area (Å²) in [6.07, 6.45) is 1.45. The van der Waals surface area contributed by atoms with Crippen LogP contribution in [0.15, 0.2) is 24.5 Å². The average Bonchev–Trinajstić information content (AvgIpc) is 2.73. The first-order valence-corrected chi connectivity index (χ1v) is 10.6. The molecule has 1 aromatic carbocycles. The Bertz CT molecular complexity index is 923. The Hall–Kier alpha value is -2.46. The van der Waals surface area contributed by atoms with E-state index in [1.54, 1.807) is 0 Å². The second-order valence-electron chi connectivity index (χ2n) is 8.43. The van der Waals surface area contributed by atoms with Crippen LogP contribution in [0, 0.1) is 5.92 Å². The Kier molecular flexibility index (Phi) is 6.29. The molecule has 168 valence electrons. The summed E-state index contributed by atoms with van der Waals surface area (Å²) in [5, 5.41) is 6.05. The number of alkyl halides is 3. The van der Waals surface area contributed by atoms with Crippen molar-refractivity contribution in [2.45, 2.75) is 43.9 Å². The van der Waals surface area contributed by atoms with Crippen LogP contribution in [0.25, 0.3) is 10.9 Å². The zero-order valence-electron chi connectivity index (χ0n) is 17.2. The number of benzene rings is 1. The quantitative estimate of drug-likeness (QED) is 0.644. The molecule has 0 spiro atoms. The van der Waals surface area contributed by atoms with Crippen LogP contribution in [0.2, 0.25) is 0 Å². The molecule has 2 fully saturated rings. The van der Waals surface area contributed by atoms with E-state index in [1.165, 1.54) is 25.2 Å². The molecular formula is C21H27F3N6O. The molecule has 4 N–H and O–H groups in total. The third-order valence-corrected chi connectivity index (χ3v) is 6.32. The summed E-state index contributed by atoms with van der Waals surface area (Å²) >= 11 is 0. The third-order valence-electron chi connectivity index (χ3n) is 6.32. The Labute approximate surface area is 178 Å². The van der Waals surface area contributed by atoms with Crippen LogP contribution in [-0.2, 0) is 11.0 Å². The second kappa shape index (κ2) is 8.96. The summed E-state index contributed by atoms with van der Waals surface area (Å²) in [6.45, 7) is 2.35. The highest BCUT2D eigenvalue weighted by atomic mass is 19.4. The van der Waals surface area contributed by atoms with Crippen LogP contribution in [0.1, 0.15) is 31.2 Å². The molecule has 7 nitrogen and oxygen atoms in total. The monoisotopic (exact) mass is 436 g/mol. The lowest BCUT2D eigenvalue weighted by Crippen LogP contribution is -2.63. The van der Waals surface area contributed by atoms with Gasteiger partial charge >= 0.3 is 6.18 Å². The fourth-order valence-corrected chi connectivity index (χ4v) is 4.46. The van der Waals surface area contributed by atoms with Gasteiger partial charge in [0.05, 0.1) is 23.7 Å². The van der Waals surface area contributed by atoms with Crippen molar-refractivity contribution in [1.29, 1.82) is 0 Å². The van der Waals surface area contributed by atoms with Gasteiger partial charge in [0.1, 0.15) is 12.1 Å². The van der Waals surface area contributed by atoms with E-state index < -0.39 is 11.7 Å². The number of likely N-dealkylation sites (tertiary alicyclic amines) is 1. The minimum atomic E-state index is -4.46. The zero-order chi connectivity index (χ0) is 22.0. The van der Waals surface area contributed by atoms with E-state index in [4.69, 9.17) is 5.73 Å². The smallest absolute Gasteiger partial charge is 0.360 e. The van der Waals surface area contributed by atoms with Crippen molar-refractivity contribution < 1.29 is 18.0 Å². The van der Waals surface area contributed by atoms with Crippen molar-refractivity contribution in [2.24, 2.45) is 11.7 Å². The molecule has 2 heterocycles. The van der Waals surface area contributed by atoms with Crippen molar-refractivity contribution in [3.8, 4) is 0 Å². The maximum atomic E-state index is 13.0. The minimum absolute atomic E-state index is 0.0690. The van der Waals surface area contributed by atoms with Crippen molar-refractivity contribution in [1.82, 2.24) is 20.2 Å². The minimum Gasteiger partial charge on any atom is -0.360 e. The molecule has 1 aliphatic carbocycles. The molecule has 31 heavy (non-hydrogen) atoms.